The number of nitrogens with zero attached hydrogens (tertiary/aromatic N) is 3. The number of aromatic nitrogens is 2. The van der Waals surface area contributed by atoms with Crippen molar-refractivity contribution in [3.05, 3.63) is 79.5 Å². The average molecular weight is 508 g/mol. The summed E-state index contributed by atoms with van der Waals surface area (Å²) >= 11 is 6.65. The first-order chi connectivity index (χ1) is 13.5. The van der Waals surface area contributed by atoms with Crippen LogP contribution in [0, 0.1) is 10.1 Å². The van der Waals surface area contributed by atoms with E-state index in [1.54, 1.807) is 42.5 Å². The number of halogens is 2. The van der Waals surface area contributed by atoms with Crippen LogP contribution in [0.4, 0.5) is 23.0 Å². The molecule has 0 unspecified atom stereocenters. The lowest BCUT2D eigenvalue weighted by Crippen LogP contribution is -2.30. The van der Waals surface area contributed by atoms with Gasteiger partial charge >= 0.3 is 5.69 Å². The van der Waals surface area contributed by atoms with Crippen LogP contribution >= 0.6 is 31.9 Å². The number of anilines is 3. The number of hydrogen-bond acceptors (Lipinski definition) is 7. The highest BCUT2D eigenvalue weighted by Crippen LogP contribution is 2.33. The lowest BCUT2D eigenvalue weighted by molar-refractivity contribution is -0.383. The zero-order chi connectivity index (χ0) is 20.1. The van der Waals surface area contributed by atoms with Crippen LogP contribution in [0.15, 0.2) is 63.8 Å². The summed E-state index contributed by atoms with van der Waals surface area (Å²) in [5.74, 6) is -0.645. The lowest BCUT2D eigenvalue weighted by Gasteiger charge is -2.11. The number of para-hydroxylation sites is 1. The lowest BCUT2D eigenvalue weighted by atomic mass is 10.2. The van der Waals surface area contributed by atoms with Crippen LogP contribution in [0.2, 0.25) is 0 Å². The fourth-order valence-corrected chi connectivity index (χ4v) is 2.86. The maximum Gasteiger partial charge on any atom is 0.355 e. The van der Waals surface area contributed by atoms with Gasteiger partial charge in [0.25, 0.3) is 5.91 Å². The van der Waals surface area contributed by atoms with Crippen molar-refractivity contribution in [3.8, 4) is 0 Å². The second kappa shape index (κ2) is 8.76. The molecule has 0 bridgehead atoms. The van der Waals surface area contributed by atoms with Crippen molar-refractivity contribution in [2.75, 3.05) is 10.7 Å². The SMILES string of the molecule is O=C(NNc1ncnc(Nc2ccccc2Br)c1[N+](=O)[O-])c1ccc(Br)cc1. The van der Waals surface area contributed by atoms with Crippen LogP contribution < -0.4 is 16.2 Å². The van der Waals surface area contributed by atoms with Gasteiger partial charge in [-0.15, -0.1) is 0 Å². The van der Waals surface area contributed by atoms with E-state index in [4.69, 9.17) is 0 Å². The molecule has 2 aromatic carbocycles. The molecule has 3 N–H and O–H groups in total. The summed E-state index contributed by atoms with van der Waals surface area (Å²) in [6.45, 7) is 0. The highest BCUT2D eigenvalue weighted by Gasteiger charge is 2.24. The van der Waals surface area contributed by atoms with E-state index in [9.17, 15) is 14.9 Å². The van der Waals surface area contributed by atoms with E-state index >= 15 is 0 Å². The molecule has 3 rings (SSSR count). The predicted molar refractivity (Wildman–Crippen MR) is 111 cm³/mol. The topological polar surface area (TPSA) is 122 Å². The normalized spacial score (nSPS) is 10.2. The molecule has 0 aliphatic heterocycles. The van der Waals surface area contributed by atoms with Gasteiger partial charge in [0.2, 0.25) is 11.6 Å². The maximum absolute atomic E-state index is 12.2. The molecule has 11 heteroatoms. The Balaban J connectivity index is 1.83. The molecule has 0 radical (unpaired) electrons. The molecule has 1 heterocycles. The number of carbonyl (C=O) groups is 1. The summed E-state index contributed by atoms with van der Waals surface area (Å²) in [4.78, 5) is 31.0. The molecule has 1 aromatic heterocycles. The monoisotopic (exact) mass is 506 g/mol. The Kier molecular flexibility index (Phi) is 6.16. The summed E-state index contributed by atoms with van der Waals surface area (Å²) in [5, 5.41) is 14.5. The largest absolute Gasteiger partial charge is 0.355 e. The van der Waals surface area contributed by atoms with Gasteiger partial charge in [-0.25, -0.2) is 9.97 Å². The molecule has 0 saturated carbocycles. The zero-order valence-corrected chi connectivity index (χ0v) is 17.2. The molecule has 28 heavy (non-hydrogen) atoms. The predicted octanol–water partition coefficient (Wildman–Crippen LogP) is 4.41. The first-order valence-electron chi connectivity index (χ1n) is 7.78. The number of nitro groups is 1. The Morgan fingerprint density at radius 1 is 1.00 bits per heavy atom. The number of rotatable bonds is 6. The molecule has 0 spiro atoms. The third-order valence-electron chi connectivity index (χ3n) is 3.53. The fourth-order valence-electron chi connectivity index (χ4n) is 2.21. The quantitative estimate of drug-likeness (QED) is 0.333. The number of nitrogens with one attached hydrogen (secondary N) is 3. The van der Waals surface area contributed by atoms with E-state index in [-0.39, 0.29) is 11.6 Å². The van der Waals surface area contributed by atoms with Gasteiger partial charge in [0, 0.05) is 14.5 Å². The van der Waals surface area contributed by atoms with E-state index in [2.05, 4.69) is 58.0 Å². The van der Waals surface area contributed by atoms with Crippen molar-refractivity contribution >= 4 is 60.8 Å². The van der Waals surface area contributed by atoms with Crippen molar-refractivity contribution < 1.29 is 9.72 Å². The van der Waals surface area contributed by atoms with Gasteiger partial charge in [0.15, 0.2) is 0 Å². The molecule has 0 atom stereocenters. The minimum absolute atomic E-state index is 0.0210. The van der Waals surface area contributed by atoms with Gasteiger partial charge in [0.1, 0.15) is 6.33 Å². The molecular formula is C17H12Br2N6O3. The van der Waals surface area contributed by atoms with E-state index in [0.29, 0.717) is 15.7 Å². The van der Waals surface area contributed by atoms with E-state index in [1.165, 1.54) is 0 Å². The second-order valence-electron chi connectivity index (χ2n) is 5.37. The minimum Gasteiger partial charge on any atom is -0.333 e. The van der Waals surface area contributed by atoms with Crippen molar-refractivity contribution in [1.82, 2.24) is 15.4 Å². The van der Waals surface area contributed by atoms with Gasteiger partial charge in [-0.1, -0.05) is 28.1 Å². The zero-order valence-electron chi connectivity index (χ0n) is 14.0. The number of hydrogen-bond donors (Lipinski definition) is 3. The highest BCUT2D eigenvalue weighted by molar-refractivity contribution is 9.10. The van der Waals surface area contributed by atoms with Crippen molar-refractivity contribution in [2.24, 2.45) is 0 Å². The van der Waals surface area contributed by atoms with Gasteiger partial charge < -0.3 is 5.32 Å². The van der Waals surface area contributed by atoms with Crippen LogP contribution in [0.25, 0.3) is 0 Å². The van der Waals surface area contributed by atoms with Crippen molar-refractivity contribution in [3.63, 3.8) is 0 Å². The molecule has 142 valence electrons. The summed E-state index contributed by atoms with van der Waals surface area (Å²) in [6.07, 6.45) is 1.15. The number of benzene rings is 2. The molecule has 3 aromatic rings. The molecule has 0 fully saturated rings. The van der Waals surface area contributed by atoms with Crippen LogP contribution in [0.1, 0.15) is 10.4 Å². The maximum atomic E-state index is 12.2. The Morgan fingerprint density at radius 2 is 1.68 bits per heavy atom. The van der Waals surface area contributed by atoms with Crippen molar-refractivity contribution in [2.45, 2.75) is 0 Å². The van der Waals surface area contributed by atoms with E-state index < -0.39 is 16.5 Å². The summed E-state index contributed by atoms with van der Waals surface area (Å²) in [6, 6.07) is 13.7. The van der Waals surface area contributed by atoms with Crippen LogP contribution in [-0.2, 0) is 0 Å². The molecule has 9 nitrogen and oxygen atoms in total. The molecule has 1 amide bonds. The van der Waals surface area contributed by atoms with Gasteiger partial charge in [-0.2, -0.15) is 0 Å². The Hall–Kier alpha value is -3.05. The Morgan fingerprint density at radius 3 is 2.36 bits per heavy atom. The molecule has 0 aliphatic carbocycles. The van der Waals surface area contributed by atoms with Gasteiger partial charge in [0.05, 0.1) is 10.6 Å². The summed E-state index contributed by atoms with van der Waals surface area (Å²) in [5.41, 5.74) is 5.45. The molecule has 0 aliphatic rings. The fraction of sp³-hybridized carbons (Fsp3) is 0. The third kappa shape index (κ3) is 4.61. The molecule has 0 saturated heterocycles. The minimum atomic E-state index is -0.632. The Bertz CT molecular complexity index is 1030. The van der Waals surface area contributed by atoms with E-state index in [0.717, 1.165) is 10.8 Å². The highest BCUT2D eigenvalue weighted by atomic mass is 79.9. The summed E-state index contributed by atoms with van der Waals surface area (Å²) < 4.78 is 1.53. The molecular weight excluding hydrogens is 496 g/mol. The van der Waals surface area contributed by atoms with Gasteiger partial charge in [-0.05, 0) is 52.3 Å². The third-order valence-corrected chi connectivity index (χ3v) is 4.75. The smallest absolute Gasteiger partial charge is 0.333 e. The number of hydrazine groups is 1. The van der Waals surface area contributed by atoms with Crippen LogP contribution in [-0.4, -0.2) is 20.8 Å². The average Bonchev–Trinajstić information content (AvgIpc) is 2.68. The second-order valence-corrected chi connectivity index (χ2v) is 7.14. The van der Waals surface area contributed by atoms with Crippen LogP contribution in [0.3, 0.4) is 0 Å². The van der Waals surface area contributed by atoms with Gasteiger partial charge in [-0.3, -0.25) is 25.8 Å². The van der Waals surface area contributed by atoms with Crippen molar-refractivity contribution in [1.29, 1.82) is 0 Å². The standard InChI is InChI=1S/C17H12Br2N6O3/c18-11-7-5-10(6-8-11)17(26)24-23-16-14(25(27)28)15(20-9-21-16)22-13-4-2-1-3-12(13)19/h1-9H,(H,24,26)(H2,20,21,22,23). The van der Waals surface area contributed by atoms with E-state index in [1.807, 2.05) is 6.07 Å². The summed E-state index contributed by atoms with van der Waals surface area (Å²) in [7, 11) is 0. The van der Waals surface area contributed by atoms with Crippen LogP contribution in [0.5, 0.6) is 0 Å². The first-order valence-corrected chi connectivity index (χ1v) is 9.37. The number of amides is 1. The first kappa shape index (κ1) is 19.7. The Labute approximate surface area is 176 Å². The number of carbonyl (C=O) groups excluding carboxylic acids is 1.